The zero-order valence-electron chi connectivity index (χ0n) is 8.10. The number of carboxylic acid groups (broad SMARTS) is 1. The minimum absolute atomic E-state index is 0.103. The number of nitrogens with one attached hydrogen (secondary N) is 1. The summed E-state index contributed by atoms with van der Waals surface area (Å²) in [4.78, 5) is 10.3. The first-order valence-corrected chi connectivity index (χ1v) is 5.69. The molecule has 1 rings (SSSR count). The minimum Gasteiger partial charge on any atom is -0.480 e. The van der Waals surface area contributed by atoms with Gasteiger partial charge in [-0.05, 0) is 18.6 Å². The summed E-state index contributed by atoms with van der Waals surface area (Å²) in [7, 11) is -3.72. The first kappa shape index (κ1) is 11.7. The Morgan fingerprint density at radius 2 is 2.00 bits per heavy atom. The summed E-state index contributed by atoms with van der Waals surface area (Å²) in [6.07, 6.45) is 0. The van der Waals surface area contributed by atoms with Crippen LogP contribution in [0.25, 0.3) is 0 Å². The van der Waals surface area contributed by atoms with Gasteiger partial charge in [0.25, 0.3) is 0 Å². The second-order valence-corrected chi connectivity index (χ2v) is 4.72. The summed E-state index contributed by atoms with van der Waals surface area (Å²) in [5.41, 5.74) is 0.579. The Balaban J connectivity index is 2.97. The SMILES string of the molecule is Cc1ccccc1S(=O)(=O)NCC(=O)O. The lowest BCUT2D eigenvalue weighted by Crippen LogP contribution is -2.29. The molecule has 0 unspecified atom stereocenters. The molecule has 0 aliphatic heterocycles. The number of benzene rings is 1. The second-order valence-electron chi connectivity index (χ2n) is 2.98. The highest BCUT2D eigenvalue weighted by Gasteiger charge is 2.16. The maximum Gasteiger partial charge on any atom is 0.318 e. The van der Waals surface area contributed by atoms with Crippen LogP contribution >= 0.6 is 0 Å². The van der Waals surface area contributed by atoms with Crippen molar-refractivity contribution >= 4 is 16.0 Å². The van der Waals surface area contributed by atoms with E-state index in [4.69, 9.17) is 5.11 Å². The highest BCUT2D eigenvalue weighted by atomic mass is 32.2. The standard InChI is InChI=1S/C9H11NO4S/c1-7-4-2-3-5-8(7)15(13,14)10-6-9(11)12/h2-5,10H,6H2,1H3,(H,11,12). The lowest BCUT2D eigenvalue weighted by molar-refractivity contribution is -0.135. The van der Waals surface area contributed by atoms with Gasteiger partial charge in [0.1, 0.15) is 6.54 Å². The van der Waals surface area contributed by atoms with E-state index in [-0.39, 0.29) is 4.90 Å². The molecule has 1 aromatic rings. The van der Waals surface area contributed by atoms with Crippen LogP contribution in [0.4, 0.5) is 0 Å². The van der Waals surface area contributed by atoms with E-state index in [2.05, 4.69) is 0 Å². The second kappa shape index (κ2) is 4.41. The summed E-state index contributed by atoms with van der Waals surface area (Å²) >= 11 is 0. The predicted molar refractivity (Wildman–Crippen MR) is 54.0 cm³/mol. The smallest absolute Gasteiger partial charge is 0.318 e. The van der Waals surface area contributed by atoms with Crippen LogP contribution in [-0.2, 0) is 14.8 Å². The molecule has 0 amide bonds. The largest absolute Gasteiger partial charge is 0.480 e. The fourth-order valence-electron chi connectivity index (χ4n) is 1.09. The van der Waals surface area contributed by atoms with Crippen LogP contribution in [0.5, 0.6) is 0 Å². The Kier molecular flexibility index (Phi) is 3.43. The lowest BCUT2D eigenvalue weighted by Gasteiger charge is -2.06. The van der Waals surface area contributed by atoms with Crippen molar-refractivity contribution in [2.24, 2.45) is 0 Å². The molecule has 5 nitrogen and oxygen atoms in total. The molecule has 0 heterocycles. The molecule has 0 aromatic heterocycles. The Bertz CT molecular complexity index is 467. The van der Waals surface area contributed by atoms with Crippen LogP contribution < -0.4 is 4.72 Å². The van der Waals surface area contributed by atoms with Crippen LogP contribution in [0.2, 0.25) is 0 Å². The number of carbonyl (C=O) groups is 1. The molecule has 0 spiro atoms. The zero-order chi connectivity index (χ0) is 11.5. The van der Waals surface area contributed by atoms with Crippen molar-refractivity contribution in [3.63, 3.8) is 0 Å². The average molecular weight is 229 g/mol. The molecule has 0 aliphatic carbocycles. The van der Waals surface area contributed by atoms with Crippen LogP contribution in [0, 0.1) is 6.92 Å². The van der Waals surface area contributed by atoms with E-state index in [9.17, 15) is 13.2 Å². The quantitative estimate of drug-likeness (QED) is 0.780. The van der Waals surface area contributed by atoms with E-state index in [0.717, 1.165) is 0 Å². The van der Waals surface area contributed by atoms with Crippen molar-refractivity contribution in [3.05, 3.63) is 29.8 Å². The molecule has 0 bridgehead atoms. The van der Waals surface area contributed by atoms with Gasteiger partial charge in [0.05, 0.1) is 4.90 Å². The topological polar surface area (TPSA) is 83.5 Å². The van der Waals surface area contributed by atoms with Crippen LogP contribution in [0.1, 0.15) is 5.56 Å². The third-order valence-corrected chi connectivity index (χ3v) is 3.36. The van der Waals surface area contributed by atoms with Gasteiger partial charge in [-0.25, -0.2) is 8.42 Å². The maximum atomic E-state index is 11.6. The normalized spacial score (nSPS) is 11.3. The van der Waals surface area contributed by atoms with Crippen LogP contribution in [0.3, 0.4) is 0 Å². The van der Waals surface area contributed by atoms with Crippen molar-refractivity contribution in [2.45, 2.75) is 11.8 Å². The Morgan fingerprint density at radius 1 is 1.40 bits per heavy atom. The lowest BCUT2D eigenvalue weighted by atomic mass is 10.2. The molecule has 0 atom stereocenters. The van der Waals surface area contributed by atoms with Crippen molar-refractivity contribution in [1.29, 1.82) is 0 Å². The summed E-state index contributed by atoms with van der Waals surface area (Å²) < 4.78 is 25.2. The van der Waals surface area contributed by atoms with Gasteiger partial charge in [0.2, 0.25) is 10.0 Å². The third-order valence-electron chi connectivity index (χ3n) is 1.80. The van der Waals surface area contributed by atoms with Gasteiger partial charge in [-0.15, -0.1) is 0 Å². The van der Waals surface area contributed by atoms with Gasteiger partial charge >= 0.3 is 5.97 Å². The fraction of sp³-hybridized carbons (Fsp3) is 0.222. The molecule has 0 aliphatic rings. The van der Waals surface area contributed by atoms with Gasteiger partial charge in [0.15, 0.2) is 0 Å². The number of aliphatic carboxylic acids is 1. The van der Waals surface area contributed by atoms with Gasteiger partial charge in [-0.3, -0.25) is 4.79 Å². The number of aryl methyl sites for hydroxylation is 1. The molecule has 2 N–H and O–H groups in total. The molecule has 6 heteroatoms. The monoisotopic (exact) mass is 229 g/mol. The minimum atomic E-state index is -3.72. The number of rotatable bonds is 4. The first-order chi connectivity index (χ1) is 6.93. The summed E-state index contributed by atoms with van der Waals surface area (Å²) in [6, 6.07) is 6.38. The maximum absolute atomic E-state index is 11.6. The summed E-state index contributed by atoms with van der Waals surface area (Å²) in [5, 5.41) is 8.37. The number of hydrogen-bond acceptors (Lipinski definition) is 3. The van der Waals surface area contributed by atoms with Crippen molar-refractivity contribution in [2.75, 3.05) is 6.54 Å². The Labute approximate surface area is 87.8 Å². The molecular formula is C9H11NO4S. The van der Waals surface area contributed by atoms with Crippen LogP contribution in [-0.4, -0.2) is 26.0 Å². The fourth-order valence-corrected chi connectivity index (χ4v) is 2.31. The molecule has 82 valence electrons. The zero-order valence-corrected chi connectivity index (χ0v) is 8.91. The van der Waals surface area contributed by atoms with Crippen LogP contribution in [0.15, 0.2) is 29.2 Å². The van der Waals surface area contributed by atoms with E-state index in [1.54, 1.807) is 25.1 Å². The molecule has 0 saturated heterocycles. The molecular weight excluding hydrogens is 218 g/mol. The number of carboxylic acids is 1. The van der Waals surface area contributed by atoms with Gasteiger partial charge in [0, 0.05) is 0 Å². The summed E-state index contributed by atoms with van der Waals surface area (Å²) in [5.74, 6) is -1.22. The average Bonchev–Trinajstić information content (AvgIpc) is 2.15. The van der Waals surface area contributed by atoms with E-state index in [1.807, 2.05) is 4.72 Å². The molecule has 0 radical (unpaired) electrons. The van der Waals surface area contributed by atoms with Crippen molar-refractivity contribution in [3.8, 4) is 0 Å². The van der Waals surface area contributed by atoms with E-state index >= 15 is 0 Å². The van der Waals surface area contributed by atoms with E-state index in [1.165, 1.54) is 6.07 Å². The van der Waals surface area contributed by atoms with Crippen molar-refractivity contribution < 1.29 is 18.3 Å². The highest BCUT2D eigenvalue weighted by Crippen LogP contribution is 2.13. The predicted octanol–water partition coefficient (Wildman–Crippen LogP) is 0.358. The first-order valence-electron chi connectivity index (χ1n) is 4.20. The molecule has 1 aromatic carbocycles. The number of sulfonamides is 1. The van der Waals surface area contributed by atoms with E-state index < -0.39 is 22.5 Å². The van der Waals surface area contributed by atoms with Gasteiger partial charge < -0.3 is 5.11 Å². The highest BCUT2D eigenvalue weighted by molar-refractivity contribution is 7.89. The molecule has 0 saturated carbocycles. The van der Waals surface area contributed by atoms with Crippen molar-refractivity contribution in [1.82, 2.24) is 4.72 Å². The van der Waals surface area contributed by atoms with Gasteiger partial charge in [-0.1, -0.05) is 18.2 Å². The summed E-state index contributed by atoms with van der Waals surface area (Å²) in [6.45, 7) is 1.03. The number of hydrogen-bond donors (Lipinski definition) is 2. The Morgan fingerprint density at radius 3 is 2.53 bits per heavy atom. The Hall–Kier alpha value is -1.40. The van der Waals surface area contributed by atoms with E-state index in [0.29, 0.717) is 5.56 Å². The molecule has 15 heavy (non-hydrogen) atoms. The van der Waals surface area contributed by atoms with Gasteiger partial charge in [-0.2, -0.15) is 4.72 Å². The third kappa shape index (κ3) is 3.03. The molecule has 0 fully saturated rings.